The maximum atomic E-state index is 6.42. The minimum Gasteiger partial charge on any atom is -0.375 e. The van der Waals surface area contributed by atoms with Crippen LogP contribution in [-0.2, 0) is 4.74 Å². The molecule has 110 valence electrons. The van der Waals surface area contributed by atoms with E-state index in [0.29, 0.717) is 12.0 Å². The van der Waals surface area contributed by atoms with Crippen molar-refractivity contribution in [2.45, 2.75) is 50.7 Å². The first-order chi connectivity index (χ1) is 9.74. The van der Waals surface area contributed by atoms with Gasteiger partial charge in [-0.25, -0.2) is 0 Å². The average molecular weight is 294 g/mol. The van der Waals surface area contributed by atoms with Crippen molar-refractivity contribution in [2.75, 3.05) is 13.2 Å². The van der Waals surface area contributed by atoms with Gasteiger partial charge in [-0.05, 0) is 56.2 Å². The Hall–Kier alpha value is -0.570. The van der Waals surface area contributed by atoms with Crippen molar-refractivity contribution >= 4 is 11.6 Å². The van der Waals surface area contributed by atoms with Gasteiger partial charge in [0.2, 0.25) is 0 Å². The van der Waals surface area contributed by atoms with Gasteiger partial charge in [-0.2, -0.15) is 0 Å². The first-order valence-electron chi connectivity index (χ1n) is 7.86. The summed E-state index contributed by atoms with van der Waals surface area (Å²) in [6, 6.07) is 8.61. The highest BCUT2D eigenvalue weighted by molar-refractivity contribution is 6.31. The number of nitrogens with one attached hydrogen (secondary N) is 1. The van der Waals surface area contributed by atoms with E-state index >= 15 is 0 Å². The second-order valence-electron chi connectivity index (χ2n) is 6.19. The summed E-state index contributed by atoms with van der Waals surface area (Å²) in [6.07, 6.45) is 6.11. The molecule has 0 radical (unpaired) electrons. The third-order valence-corrected chi connectivity index (χ3v) is 5.28. The first kappa shape index (κ1) is 14.4. The van der Waals surface area contributed by atoms with Crippen LogP contribution in [0.4, 0.5) is 0 Å². The maximum absolute atomic E-state index is 6.42. The second-order valence-corrected chi connectivity index (χ2v) is 6.60. The fourth-order valence-electron chi connectivity index (χ4n) is 3.75. The van der Waals surface area contributed by atoms with Crippen LogP contribution >= 0.6 is 11.6 Å². The van der Waals surface area contributed by atoms with Crippen LogP contribution in [0.25, 0.3) is 0 Å². The van der Waals surface area contributed by atoms with E-state index in [0.717, 1.165) is 24.6 Å². The summed E-state index contributed by atoms with van der Waals surface area (Å²) in [6.45, 7) is 4.04. The molecular formula is C17H24ClNO. The van der Waals surface area contributed by atoms with Gasteiger partial charge in [0.25, 0.3) is 0 Å². The van der Waals surface area contributed by atoms with Crippen molar-refractivity contribution in [2.24, 2.45) is 5.92 Å². The molecule has 0 bridgehead atoms. The minimum atomic E-state index is 0.192. The van der Waals surface area contributed by atoms with Gasteiger partial charge < -0.3 is 10.1 Å². The van der Waals surface area contributed by atoms with Crippen molar-refractivity contribution in [1.82, 2.24) is 5.32 Å². The van der Waals surface area contributed by atoms with Crippen LogP contribution in [0.15, 0.2) is 24.3 Å². The van der Waals surface area contributed by atoms with Crippen molar-refractivity contribution in [3.05, 3.63) is 34.9 Å². The molecule has 20 heavy (non-hydrogen) atoms. The summed E-state index contributed by atoms with van der Waals surface area (Å²) >= 11 is 6.42. The molecule has 1 saturated carbocycles. The van der Waals surface area contributed by atoms with E-state index in [9.17, 15) is 0 Å². The van der Waals surface area contributed by atoms with Gasteiger partial charge in [-0.15, -0.1) is 0 Å². The van der Waals surface area contributed by atoms with Gasteiger partial charge in [-0.1, -0.05) is 36.7 Å². The highest BCUT2D eigenvalue weighted by Gasteiger charge is 2.44. The van der Waals surface area contributed by atoms with Gasteiger partial charge in [0.1, 0.15) is 0 Å². The SMILES string of the molecule is CCNC(c1ccccc1Cl)C1CCOC2(CCC2)C1. The largest absolute Gasteiger partial charge is 0.375 e. The number of hydrogen-bond donors (Lipinski definition) is 1. The highest BCUT2D eigenvalue weighted by atomic mass is 35.5. The lowest BCUT2D eigenvalue weighted by Gasteiger charge is -2.49. The molecule has 2 nitrogen and oxygen atoms in total. The Balaban J connectivity index is 1.81. The van der Waals surface area contributed by atoms with Crippen LogP contribution in [0.1, 0.15) is 50.6 Å². The molecule has 1 aromatic carbocycles. The van der Waals surface area contributed by atoms with E-state index in [1.165, 1.54) is 31.2 Å². The Morgan fingerprint density at radius 3 is 2.85 bits per heavy atom. The molecule has 3 heteroatoms. The van der Waals surface area contributed by atoms with Crippen molar-refractivity contribution in [3.63, 3.8) is 0 Å². The van der Waals surface area contributed by atoms with E-state index < -0.39 is 0 Å². The molecule has 1 spiro atoms. The summed E-state index contributed by atoms with van der Waals surface area (Å²) < 4.78 is 6.07. The Kier molecular flexibility index (Phi) is 4.34. The lowest BCUT2D eigenvalue weighted by Crippen LogP contribution is -2.48. The van der Waals surface area contributed by atoms with Gasteiger partial charge in [-0.3, -0.25) is 0 Å². The van der Waals surface area contributed by atoms with Crippen molar-refractivity contribution in [1.29, 1.82) is 0 Å². The molecule has 1 heterocycles. The minimum absolute atomic E-state index is 0.192. The van der Waals surface area contributed by atoms with Crippen molar-refractivity contribution in [3.8, 4) is 0 Å². The number of halogens is 1. The normalized spacial score (nSPS) is 26.2. The molecule has 0 amide bonds. The van der Waals surface area contributed by atoms with E-state index in [2.05, 4.69) is 24.4 Å². The third-order valence-electron chi connectivity index (χ3n) is 4.93. The zero-order chi connectivity index (χ0) is 14.0. The fourth-order valence-corrected chi connectivity index (χ4v) is 4.00. The van der Waals surface area contributed by atoms with E-state index in [1.54, 1.807) is 0 Å². The maximum Gasteiger partial charge on any atom is 0.0686 e. The summed E-state index contributed by atoms with van der Waals surface area (Å²) in [5, 5.41) is 4.54. The molecule has 1 N–H and O–H groups in total. The lowest BCUT2D eigenvalue weighted by molar-refractivity contribution is -0.147. The molecule has 1 saturated heterocycles. The Labute approximate surface area is 126 Å². The van der Waals surface area contributed by atoms with Crippen molar-refractivity contribution < 1.29 is 4.74 Å². The highest BCUT2D eigenvalue weighted by Crippen LogP contribution is 2.47. The van der Waals surface area contributed by atoms with Gasteiger partial charge in [0.15, 0.2) is 0 Å². The standard InChI is InChI=1S/C17H24ClNO/c1-2-19-16(14-6-3-4-7-15(14)18)13-8-11-20-17(12-13)9-5-10-17/h3-4,6-7,13,16,19H,2,5,8-12H2,1H3. The monoisotopic (exact) mass is 293 g/mol. The topological polar surface area (TPSA) is 21.3 Å². The molecule has 3 rings (SSSR count). The first-order valence-corrected chi connectivity index (χ1v) is 8.24. The Bertz CT molecular complexity index is 458. The predicted octanol–water partition coefficient (Wildman–Crippen LogP) is 4.34. The summed E-state index contributed by atoms with van der Waals surface area (Å²) in [5.74, 6) is 0.629. The van der Waals surface area contributed by atoms with E-state index in [1.807, 2.05) is 12.1 Å². The molecular weight excluding hydrogens is 270 g/mol. The molecule has 1 aliphatic carbocycles. The fraction of sp³-hybridized carbons (Fsp3) is 0.647. The average Bonchev–Trinajstić information content (AvgIpc) is 2.44. The zero-order valence-electron chi connectivity index (χ0n) is 12.2. The molecule has 2 unspecified atom stereocenters. The van der Waals surface area contributed by atoms with Crippen LogP contribution in [0.2, 0.25) is 5.02 Å². The van der Waals surface area contributed by atoms with Crippen LogP contribution in [-0.4, -0.2) is 18.8 Å². The molecule has 2 fully saturated rings. The quantitative estimate of drug-likeness (QED) is 0.891. The summed E-state index contributed by atoms with van der Waals surface area (Å²) in [4.78, 5) is 0. The molecule has 2 aliphatic rings. The number of benzene rings is 1. The molecule has 2 atom stereocenters. The van der Waals surface area contributed by atoms with Crippen LogP contribution < -0.4 is 5.32 Å². The molecule has 1 aliphatic heterocycles. The van der Waals surface area contributed by atoms with Crippen LogP contribution in [0.5, 0.6) is 0 Å². The van der Waals surface area contributed by atoms with Gasteiger partial charge in [0, 0.05) is 17.7 Å². The van der Waals surface area contributed by atoms with Crippen LogP contribution in [0.3, 0.4) is 0 Å². The number of rotatable bonds is 4. The Morgan fingerprint density at radius 1 is 1.40 bits per heavy atom. The van der Waals surface area contributed by atoms with E-state index in [-0.39, 0.29) is 5.60 Å². The Morgan fingerprint density at radius 2 is 2.20 bits per heavy atom. The van der Waals surface area contributed by atoms with Gasteiger partial charge >= 0.3 is 0 Å². The lowest BCUT2D eigenvalue weighted by atomic mass is 9.69. The zero-order valence-corrected chi connectivity index (χ0v) is 13.0. The summed E-state index contributed by atoms with van der Waals surface area (Å²) in [5.41, 5.74) is 1.44. The summed E-state index contributed by atoms with van der Waals surface area (Å²) in [7, 11) is 0. The van der Waals surface area contributed by atoms with Gasteiger partial charge in [0.05, 0.1) is 5.60 Å². The van der Waals surface area contributed by atoms with Crippen LogP contribution in [0, 0.1) is 5.92 Å². The molecule has 0 aromatic heterocycles. The third kappa shape index (κ3) is 2.74. The predicted molar refractivity (Wildman–Crippen MR) is 83.1 cm³/mol. The second kappa shape index (κ2) is 6.05. The number of hydrogen-bond acceptors (Lipinski definition) is 2. The smallest absolute Gasteiger partial charge is 0.0686 e. The number of ether oxygens (including phenoxy) is 1. The van der Waals surface area contributed by atoms with E-state index in [4.69, 9.17) is 16.3 Å². The molecule has 1 aromatic rings.